The highest BCUT2D eigenvalue weighted by Crippen LogP contribution is 2.63. The Labute approximate surface area is 134 Å². The third kappa shape index (κ3) is 2.10. The van der Waals surface area contributed by atoms with Crippen molar-refractivity contribution in [1.29, 1.82) is 0 Å². The van der Waals surface area contributed by atoms with Crippen molar-refractivity contribution in [1.82, 2.24) is 0 Å². The maximum absolute atomic E-state index is 12.0. The topological polar surface area (TPSA) is 37.3 Å². The van der Waals surface area contributed by atoms with Crippen LogP contribution in [0.15, 0.2) is 24.3 Å². The summed E-state index contributed by atoms with van der Waals surface area (Å²) >= 11 is 0. The van der Waals surface area contributed by atoms with Crippen LogP contribution in [0.25, 0.3) is 0 Å². The number of allylic oxidation sites excluding steroid dienone is 3. The number of aliphatic carboxylic acids is 1. The first-order valence-corrected chi connectivity index (χ1v) is 8.84. The Morgan fingerprint density at radius 3 is 2.64 bits per heavy atom. The van der Waals surface area contributed by atoms with Gasteiger partial charge in [0.2, 0.25) is 0 Å². The Hall–Kier alpha value is -1.05. The molecule has 0 aromatic rings. The maximum atomic E-state index is 12.0. The minimum Gasteiger partial charge on any atom is -0.481 e. The monoisotopic (exact) mass is 302 g/mol. The average molecular weight is 302 g/mol. The van der Waals surface area contributed by atoms with Gasteiger partial charge < -0.3 is 5.11 Å². The molecule has 0 bridgehead atoms. The second-order valence-corrected chi connectivity index (χ2v) is 8.69. The minimum atomic E-state index is -0.581. The molecule has 2 fully saturated rings. The molecule has 2 nitrogen and oxygen atoms in total. The zero-order valence-electron chi connectivity index (χ0n) is 14.3. The van der Waals surface area contributed by atoms with Gasteiger partial charge in [-0.15, -0.1) is 6.58 Å². The van der Waals surface area contributed by atoms with Crippen molar-refractivity contribution in [2.75, 3.05) is 0 Å². The predicted molar refractivity (Wildman–Crippen MR) is 89.5 cm³/mol. The van der Waals surface area contributed by atoms with E-state index in [1.807, 2.05) is 6.92 Å². The van der Waals surface area contributed by atoms with Crippen molar-refractivity contribution in [3.63, 3.8) is 0 Å². The summed E-state index contributed by atoms with van der Waals surface area (Å²) in [6.45, 7) is 10.7. The van der Waals surface area contributed by atoms with Crippen LogP contribution in [0.2, 0.25) is 0 Å². The molecule has 0 unspecified atom stereocenters. The van der Waals surface area contributed by atoms with Crippen molar-refractivity contribution < 1.29 is 9.90 Å². The normalized spacial score (nSPS) is 47.9. The first-order chi connectivity index (χ1) is 10.3. The van der Waals surface area contributed by atoms with E-state index in [-0.39, 0.29) is 10.8 Å². The van der Waals surface area contributed by atoms with E-state index in [9.17, 15) is 9.90 Å². The maximum Gasteiger partial charge on any atom is 0.309 e. The van der Waals surface area contributed by atoms with Crippen LogP contribution in [-0.4, -0.2) is 11.1 Å². The molecule has 0 saturated heterocycles. The average Bonchev–Trinajstić information content (AvgIpc) is 2.46. The third-order valence-corrected chi connectivity index (χ3v) is 7.38. The third-order valence-electron chi connectivity index (χ3n) is 7.38. The van der Waals surface area contributed by atoms with Gasteiger partial charge in [0, 0.05) is 5.41 Å². The van der Waals surface area contributed by atoms with Gasteiger partial charge in [0.05, 0.1) is 5.41 Å². The lowest BCUT2D eigenvalue weighted by Gasteiger charge is -2.59. The zero-order chi connectivity index (χ0) is 16.2. The summed E-state index contributed by atoms with van der Waals surface area (Å²) in [5.74, 6) is 0.322. The lowest BCUT2D eigenvalue weighted by atomic mass is 9.45. The smallest absolute Gasteiger partial charge is 0.309 e. The molecule has 1 N–H and O–H groups in total. The van der Waals surface area contributed by atoms with Gasteiger partial charge in [-0.05, 0) is 62.7 Å². The number of hydrogen-bond donors (Lipinski definition) is 1. The summed E-state index contributed by atoms with van der Waals surface area (Å²) in [6, 6.07) is 0. The molecule has 5 atom stereocenters. The lowest BCUT2D eigenvalue weighted by molar-refractivity contribution is -0.164. The van der Waals surface area contributed by atoms with Crippen LogP contribution in [0.1, 0.15) is 65.7 Å². The second kappa shape index (κ2) is 4.97. The van der Waals surface area contributed by atoms with Crippen LogP contribution in [-0.2, 0) is 4.79 Å². The van der Waals surface area contributed by atoms with E-state index in [1.165, 1.54) is 12.8 Å². The van der Waals surface area contributed by atoms with Gasteiger partial charge in [-0.3, -0.25) is 4.79 Å². The number of hydrogen-bond acceptors (Lipinski definition) is 1. The number of carbonyl (C=O) groups is 1. The predicted octanol–water partition coefficient (Wildman–Crippen LogP) is 5.21. The summed E-state index contributed by atoms with van der Waals surface area (Å²) in [6.07, 6.45) is 12.1. The molecule has 0 amide bonds. The van der Waals surface area contributed by atoms with E-state index in [4.69, 9.17) is 0 Å². The molecule has 3 aliphatic rings. The molecule has 0 radical (unpaired) electrons. The van der Waals surface area contributed by atoms with Crippen LogP contribution >= 0.6 is 0 Å². The Morgan fingerprint density at radius 1 is 1.27 bits per heavy atom. The first-order valence-electron chi connectivity index (χ1n) is 8.84. The number of carboxylic acid groups (broad SMARTS) is 1. The molecule has 3 aliphatic carbocycles. The fraction of sp³-hybridized carbons (Fsp3) is 0.750. The van der Waals surface area contributed by atoms with Gasteiger partial charge in [-0.2, -0.15) is 0 Å². The van der Waals surface area contributed by atoms with Gasteiger partial charge in [0.25, 0.3) is 0 Å². The van der Waals surface area contributed by atoms with Crippen LogP contribution in [0, 0.1) is 28.1 Å². The Kier molecular flexibility index (Phi) is 3.58. The highest BCUT2D eigenvalue weighted by Gasteiger charge is 2.58. The van der Waals surface area contributed by atoms with Gasteiger partial charge >= 0.3 is 5.97 Å². The van der Waals surface area contributed by atoms with Crippen molar-refractivity contribution in [3.8, 4) is 0 Å². The Morgan fingerprint density at radius 2 is 2.00 bits per heavy atom. The Balaban J connectivity index is 1.99. The molecule has 2 saturated carbocycles. The molecular formula is C20H30O2. The standard InChI is InChI=1S/C20H30O2/c1-5-18(2)12-9-15-14(13-18)7-8-16-19(15,3)10-6-11-20(16,4)17(21)22/h5,13,15-16H,1,6-12H2,2-4H3,(H,21,22)/t15-,16+,18-,19-,20+/m0/s1. The fourth-order valence-corrected chi connectivity index (χ4v) is 5.94. The van der Waals surface area contributed by atoms with E-state index >= 15 is 0 Å². The van der Waals surface area contributed by atoms with E-state index < -0.39 is 11.4 Å². The molecule has 3 rings (SSSR count). The molecule has 22 heavy (non-hydrogen) atoms. The number of carboxylic acids is 1. The second-order valence-electron chi connectivity index (χ2n) is 8.69. The Bertz CT molecular complexity index is 534. The number of rotatable bonds is 2. The van der Waals surface area contributed by atoms with Crippen molar-refractivity contribution in [3.05, 3.63) is 24.3 Å². The van der Waals surface area contributed by atoms with Gasteiger partial charge in [0.15, 0.2) is 0 Å². The molecule has 122 valence electrons. The summed E-state index contributed by atoms with van der Waals surface area (Å²) in [7, 11) is 0. The fourth-order valence-electron chi connectivity index (χ4n) is 5.94. The van der Waals surface area contributed by atoms with Crippen LogP contribution in [0.5, 0.6) is 0 Å². The zero-order valence-corrected chi connectivity index (χ0v) is 14.3. The molecule has 0 aromatic heterocycles. The van der Waals surface area contributed by atoms with Crippen LogP contribution < -0.4 is 0 Å². The summed E-state index contributed by atoms with van der Waals surface area (Å²) in [5.41, 5.74) is 1.36. The molecule has 0 aliphatic heterocycles. The van der Waals surface area contributed by atoms with E-state index in [2.05, 4.69) is 32.6 Å². The molecule has 0 heterocycles. The highest BCUT2D eigenvalue weighted by atomic mass is 16.4. The van der Waals surface area contributed by atoms with Crippen molar-refractivity contribution in [2.45, 2.75) is 65.7 Å². The van der Waals surface area contributed by atoms with E-state index in [1.54, 1.807) is 5.57 Å². The molecular weight excluding hydrogens is 272 g/mol. The minimum absolute atomic E-state index is 0.139. The number of fused-ring (bicyclic) bond motifs is 3. The van der Waals surface area contributed by atoms with Gasteiger partial charge in [-0.25, -0.2) is 0 Å². The molecule has 0 aromatic carbocycles. The van der Waals surface area contributed by atoms with E-state index in [0.29, 0.717) is 11.8 Å². The van der Waals surface area contributed by atoms with Crippen LogP contribution in [0.3, 0.4) is 0 Å². The lowest BCUT2D eigenvalue weighted by Crippen LogP contribution is -2.54. The summed E-state index contributed by atoms with van der Waals surface area (Å²) in [4.78, 5) is 12.0. The van der Waals surface area contributed by atoms with Crippen molar-refractivity contribution >= 4 is 5.97 Å². The van der Waals surface area contributed by atoms with Gasteiger partial charge in [0.1, 0.15) is 0 Å². The SMILES string of the molecule is C=C[C@]1(C)C=C2CC[C@@H]3[C@@](C)(CCC[C@@]3(C)C(=O)O)[C@H]2CC1. The van der Waals surface area contributed by atoms with E-state index in [0.717, 1.165) is 32.1 Å². The largest absolute Gasteiger partial charge is 0.481 e. The van der Waals surface area contributed by atoms with Crippen LogP contribution in [0.4, 0.5) is 0 Å². The highest BCUT2D eigenvalue weighted by molar-refractivity contribution is 5.75. The summed E-state index contributed by atoms with van der Waals surface area (Å²) < 4.78 is 0. The quantitative estimate of drug-likeness (QED) is 0.711. The van der Waals surface area contributed by atoms with Gasteiger partial charge in [-0.1, -0.05) is 38.0 Å². The molecule has 0 spiro atoms. The van der Waals surface area contributed by atoms with Crippen molar-refractivity contribution in [2.24, 2.45) is 28.1 Å². The summed E-state index contributed by atoms with van der Waals surface area (Å²) in [5, 5.41) is 9.84. The first kappa shape index (κ1) is 15.8. The molecule has 2 heteroatoms.